The molecule has 2 unspecified atom stereocenters. The molecule has 2 amide bonds. The smallest absolute Gasteiger partial charge is 0.315 e. The summed E-state index contributed by atoms with van der Waals surface area (Å²) in [5.41, 5.74) is 2.54. The number of urea groups is 1. The fourth-order valence-corrected chi connectivity index (χ4v) is 3.40. The van der Waals surface area contributed by atoms with E-state index in [0.717, 1.165) is 25.7 Å². The predicted octanol–water partition coefficient (Wildman–Crippen LogP) is 8.94. The summed E-state index contributed by atoms with van der Waals surface area (Å²) >= 11 is 0. The monoisotopic (exact) mass is 565 g/mol. The van der Waals surface area contributed by atoms with Crippen LogP contribution in [0, 0.1) is 11.3 Å². The van der Waals surface area contributed by atoms with E-state index in [1.165, 1.54) is 11.1 Å². The van der Waals surface area contributed by atoms with Crippen molar-refractivity contribution in [3.05, 3.63) is 109 Å². The topological polar surface area (TPSA) is 74.1 Å². The zero-order valence-corrected chi connectivity index (χ0v) is 26.0. The van der Waals surface area contributed by atoms with E-state index in [-0.39, 0.29) is 29.9 Å². The Morgan fingerprint density at radius 3 is 2.32 bits per heavy atom. The number of alkyl halides is 1. The molecule has 0 saturated carbocycles. The molecule has 1 heterocycles. The van der Waals surface area contributed by atoms with E-state index in [1.54, 1.807) is 12.1 Å². The SMILES string of the molecule is C=C(C#N)CF.C=C/C=C/C.CC.CC(C)OC1CCNC(=O)NC1CC1=CC=CCC=C1.CC1=CC=CCC=C1. The van der Waals surface area contributed by atoms with Gasteiger partial charge in [-0.3, -0.25) is 0 Å². The number of rotatable bonds is 6. The lowest BCUT2D eigenvalue weighted by atomic mass is 9.99. The largest absolute Gasteiger partial charge is 0.373 e. The molecular weight excluding hydrogens is 513 g/mol. The Kier molecular flexibility index (Phi) is 26.8. The molecule has 1 aliphatic heterocycles. The van der Waals surface area contributed by atoms with Crippen molar-refractivity contribution in [2.45, 2.75) is 85.5 Å². The maximum atomic E-state index is 11.7. The summed E-state index contributed by atoms with van der Waals surface area (Å²) in [4.78, 5) is 11.7. The summed E-state index contributed by atoms with van der Waals surface area (Å²) in [7, 11) is 0. The summed E-state index contributed by atoms with van der Waals surface area (Å²) < 4.78 is 17.0. The van der Waals surface area contributed by atoms with E-state index < -0.39 is 6.67 Å². The number of nitrogens with zero attached hydrogens (tertiary/aromatic N) is 1. The van der Waals surface area contributed by atoms with Crippen LogP contribution in [-0.4, -0.2) is 37.5 Å². The lowest BCUT2D eigenvalue weighted by Crippen LogP contribution is -2.45. The second-order valence-electron chi connectivity index (χ2n) is 9.12. The van der Waals surface area contributed by atoms with Crippen molar-refractivity contribution < 1.29 is 13.9 Å². The Hall–Kier alpha value is -3.69. The van der Waals surface area contributed by atoms with Crippen molar-refractivity contribution in [1.29, 1.82) is 5.26 Å². The number of carbonyl (C=O) groups excluding carboxylic acids is 1. The maximum absolute atomic E-state index is 11.7. The number of allylic oxidation sites excluding steroid dienone is 15. The summed E-state index contributed by atoms with van der Waals surface area (Å²) in [6, 6.07) is 1.46. The third-order valence-corrected chi connectivity index (χ3v) is 5.23. The number of halogens is 1. The molecule has 5 nitrogen and oxygen atoms in total. The van der Waals surface area contributed by atoms with Crippen LogP contribution in [0.5, 0.6) is 0 Å². The second kappa shape index (κ2) is 27.9. The molecule has 1 fully saturated rings. The van der Waals surface area contributed by atoms with Crippen LogP contribution < -0.4 is 10.6 Å². The van der Waals surface area contributed by atoms with Crippen LogP contribution in [0.1, 0.15) is 67.2 Å². The number of hydrogen-bond donors (Lipinski definition) is 2. The Balaban J connectivity index is 0. The Labute approximate surface area is 249 Å². The van der Waals surface area contributed by atoms with Crippen molar-refractivity contribution in [3.8, 4) is 6.07 Å². The molecule has 3 aliphatic rings. The normalized spacial score (nSPS) is 18.7. The average Bonchev–Trinajstić information content (AvgIpc) is 3.44. The van der Waals surface area contributed by atoms with Gasteiger partial charge in [-0.1, -0.05) is 112 Å². The number of hydrogen-bond acceptors (Lipinski definition) is 3. The highest BCUT2D eigenvalue weighted by molar-refractivity contribution is 5.74. The van der Waals surface area contributed by atoms with Crippen LogP contribution >= 0.6 is 0 Å². The molecule has 226 valence electrons. The average molecular weight is 566 g/mol. The van der Waals surface area contributed by atoms with E-state index in [0.29, 0.717) is 6.54 Å². The highest BCUT2D eigenvalue weighted by Crippen LogP contribution is 2.19. The standard InChI is InChI=1S/C16H24N2O2.C8H10.C5H8.C4H4FN.C2H6/c1-12(2)20-15-9-10-17-16(19)18-14(15)11-13-7-5-3-4-6-8-13;1-8-6-4-2-3-5-7-8;1-3-5-4-2;1-4(2-5)3-6;1-2/h3,5-8,12,14-15H,4,9-11H2,1-2H3,(H2,17,18,19);2,4-7H,3H2,1H3;3-5H,1H2,2H3;1-2H2;1-2H3/b;;5-4+;;. The highest BCUT2D eigenvalue weighted by Gasteiger charge is 2.28. The van der Waals surface area contributed by atoms with Crippen LogP contribution in [0.2, 0.25) is 0 Å². The van der Waals surface area contributed by atoms with Gasteiger partial charge in [-0.05, 0) is 59.0 Å². The Morgan fingerprint density at radius 2 is 1.80 bits per heavy atom. The lowest BCUT2D eigenvalue weighted by molar-refractivity contribution is -0.0122. The van der Waals surface area contributed by atoms with Crippen LogP contribution in [0.4, 0.5) is 9.18 Å². The minimum atomic E-state index is -0.726. The molecule has 2 aliphatic carbocycles. The maximum Gasteiger partial charge on any atom is 0.315 e. The first kappa shape index (κ1) is 39.5. The van der Waals surface area contributed by atoms with Gasteiger partial charge < -0.3 is 15.4 Å². The number of amides is 2. The zero-order valence-electron chi connectivity index (χ0n) is 26.0. The van der Waals surface area contributed by atoms with Crippen molar-refractivity contribution in [1.82, 2.24) is 10.6 Å². The van der Waals surface area contributed by atoms with Gasteiger partial charge in [0.25, 0.3) is 0 Å². The summed E-state index contributed by atoms with van der Waals surface area (Å²) in [6.07, 6.45) is 30.7. The molecule has 41 heavy (non-hydrogen) atoms. The van der Waals surface area contributed by atoms with Gasteiger partial charge in [0, 0.05) is 6.54 Å². The molecule has 6 heteroatoms. The lowest BCUT2D eigenvalue weighted by Gasteiger charge is -2.27. The zero-order chi connectivity index (χ0) is 31.3. The fourth-order valence-electron chi connectivity index (χ4n) is 3.40. The van der Waals surface area contributed by atoms with Crippen molar-refractivity contribution in [2.75, 3.05) is 13.2 Å². The van der Waals surface area contributed by atoms with E-state index >= 15 is 0 Å². The quantitative estimate of drug-likeness (QED) is 0.249. The van der Waals surface area contributed by atoms with Gasteiger partial charge >= 0.3 is 6.03 Å². The molecular formula is C35H52FN3O2. The van der Waals surface area contributed by atoms with Crippen LogP contribution in [0.15, 0.2) is 109 Å². The van der Waals surface area contributed by atoms with Crippen LogP contribution in [-0.2, 0) is 4.74 Å². The van der Waals surface area contributed by atoms with Crippen molar-refractivity contribution in [3.63, 3.8) is 0 Å². The first-order chi connectivity index (χ1) is 19.8. The Bertz CT molecular complexity index is 991. The molecule has 0 aromatic heterocycles. The van der Waals surface area contributed by atoms with Crippen molar-refractivity contribution in [2.24, 2.45) is 0 Å². The minimum absolute atomic E-state index is 0.0160. The van der Waals surface area contributed by atoms with Gasteiger partial charge in [0.1, 0.15) is 6.67 Å². The summed E-state index contributed by atoms with van der Waals surface area (Å²) in [5.74, 6) is 0. The third kappa shape index (κ3) is 23.9. The number of nitrogens with one attached hydrogen (secondary N) is 2. The van der Waals surface area contributed by atoms with E-state index in [4.69, 9.17) is 10.00 Å². The molecule has 0 aromatic carbocycles. The van der Waals surface area contributed by atoms with Crippen LogP contribution in [0.3, 0.4) is 0 Å². The molecule has 0 spiro atoms. The first-order valence-electron chi connectivity index (χ1n) is 14.4. The molecule has 2 N–H and O–H groups in total. The number of nitriles is 1. The molecule has 1 saturated heterocycles. The molecule has 0 aromatic rings. The van der Waals surface area contributed by atoms with Gasteiger partial charge in [-0.2, -0.15) is 5.26 Å². The highest BCUT2D eigenvalue weighted by atomic mass is 19.1. The van der Waals surface area contributed by atoms with Gasteiger partial charge in [-0.15, -0.1) is 0 Å². The summed E-state index contributed by atoms with van der Waals surface area (Å²) in [5, 5.41) is 13.6. The third-order valence-electron chi connectivity index (χ3n) is 5.23. The Morgan fingerprint density at radius 1 is 1.17 bits per heavy atom. The van der Waals surface area contributed by atoms with Gasteiger partial charge in [0.05, 0.1) is 29.9 Å². The molecule has 3 rings (SSSR count). The summed E-state index contributed by atoms with van der Waals surface area (Å²) in [6.45, 7) is 18.6. The van der Waals surface area contributed by atoms with Crippen LogP contribution in [0.25, 0.3) is 0 Å². The molecule has 0 radical (unpaired) electrons. The number of carbonyl (C=O) groups is 1. The predicted molar refractivity (Wildman–Crippen MR) is 174 cm³/mol. The minimum Gasteiger partial charge on any atom is -0.373 e. The second-order valence-corrected chi connectivity index (χ2v) is 9.12. The van der Waals surface area contributed by atoms with E-state index in [9.17, 15) is 9.18 Å². The molecule has 0 bridgehead atoms. The van der Waals surface area contributed by atoms with Gasteiger partial charge in [-0.25, -0.2) is 9.18 Å². The van der Waals surface area contributed by atoms with Gasteiger partial charge in [0.15, 0.2) is 0 Å². The fraction of sp³-hybridized carbons (Fsp3) is 0.429. The van der Waals surface area contributed by atoms with Crippen molar-refractivity contribution >= 4 is 6.03 Å². The van der Waals surface area contributed by atoms with Gasteiger partial charge in [0.2, 0.25) is 0 Å². The number of ether oxygens (including phenoxy) is 1. The van der Waals surface area contributed by atoms with E-state index in [1.807, 2.05) is 46.8 Å². The molecule has 2 atom stereocenters. The van der Waals surface area contributed by atoms with E-state index in [2.05, 4.69) is 91.5 Å². The first-order valence-corrected chi connectivity index (χ1v) is 14.4.